The topological polar surface area (TPSA) is 55.9 Å². The molecule has 1 aromatic carbocycles. The monoisotopic (exact) mass is 236 g/mol. The Labute approximate surface area is 99.0 Å². The Morgan fingerprint density at radius 3 is 2.81 bits per heavy atom. The van der Waals surface area contributed by atoms with Gasteiger partial charge in [-0.2, -0.15) is 5.10 Å². The number of nitrogens with two attached hydrogens (primary N) is 1. The van der Waals surface area contributed by atoms with E-state index in [1.54, 1.807) is 10.9 Å². The molecule has 5 heteroatoms. The highest BCUT2D eigenvalue weighted by molar-refractivity contribution is 6.30. The number of aryl methyl sites for hydroxylation is 2. The number of aromatic nitrogens is 2. The number of hydrogen-bond acceptors (Lipinski definition) is 3. The van der Waals surface area contributed by atoms with Gasteiger partial charge in [-0.3, -0.25) is 4.68 Å². The van der Waals surface area contributed by atoms with E-state index in [1.165, 1.54) is 0 Å². The highest BCUT2D eigenvalue weighted by atomic mass is 35.5. The minimum atomic E-state index is 0.613. The van der Waals surface area contributed by atoms with E-state index in [-0.39, 0.29) is 0 Å². The van der Waals surface area contributed by atoms with Crippen LogP contribution < -0.4 is 11.1 Å². The van der Waals surface area contributed by atoms with Crippen molar-refractivity contribution >= 4 is 28.8 Å². The molecule has 0 atom stereocenters. The average Bonchev–Trinajstić information content (AvgIpc) is 2.51. The van der Waals surface area contributed by atoms with Crippen molar-refractivity contribution in [2.75, 3.05) is 11.1 Å². The number of nitrogens with zero attached hydrogens (tertiary/aromatic N) is 2. The summed E-state index contributed by atoms with van der Waals surface area (Å²) < 4.78 is 1.66. The van der Waals surface area contributed by atoms with Gasteiger partial charge in [0, 0.05) is 24.0 Å². The average molecular weight is 237 g/mol. The fourth-order valence-corrected chi connectivity index (χ4v) is 1.63. The Morgan fingerprint density at radius 1 is 1.44 bits per heavy atom. The summed E-state index contributed by atoms with van der Waals surface area (Å²) in [6, 6.07) is 5.65. The second-order valence-electron chi connectivity index (χ2n) is 3.69. The lowest BCUT2D eigenvalue weighted by Crippen LogP contribution is -1.97. The molecule has 1 heterocycles. The predicted octanol–water partition coefficient (Wildman–Crippen LogP) is 2.71. The summed E-state index contributed by atoms with van der Waals surface area (Å²) in [5, 5.41) is 8.06. The van der Waals surface area contributed by atoms with Crippen LogP contribution in [0.25, 0.3) is 0 Å². The summed E-state index contributed by atoms with van der Waals surface area (Å²) in [6.07, 6.45) is 1.75. The van der Waals surface area contributed by atoms with Gasteiger partial charge < -0.3 is 11.1 Å². The molecule has 0 aliphatic rings. The van der Waals surface area contributed by atoms with Crippen LogP contribution in [0, 0.1) is 6.92 Å². The largest absolute Gasteiger partial charge is 0.394 e. The van der Waals surface area contributed by atoms with Crippen LogP contribution in [0.3, 0.4) is 0 Å². The first-order chi connectivity index (χ1) is 7.56. The van der Waals surface area contributed by atoms with Gasteiger partial charge >= 0.3 is 0 Å². The summed E-state index contributed by atoms with van der Waals surface area (Å²) in [7, 11) is 1.83. The Bertz CT molecular complexity index is 519. The molecule has 3 N–H and O–H groups in total. The number of hydrogen-bond donors (Lipinski definition) is 2. The van der Waals surface area contributed by atoms with Crippen molar-refractivity contribution in [2.45, 2.75) is 6.92 Å². The summed E-state index contributed by atoms with van der Waals surface area (Å²) in [5.74, 6) is 0.646. The lowest BCUT2D eigenvalue weighted by Gasteiger charge is -2.07. The molecular weight excluding hydrogens is 224 g/mol. The Morgan fingerprint density at radius 2 is 2.19 bits per heavy atom. The summed E-state index contributed by atoms with van der Waals surface area (Å²) in [6.45, 7) is 2.00. The zero-order valence-electron chi connectivity index (χ0n) is 9.16. The van der Waals surface area contributed by atoms with Crippen molar-refractivity contribution in [3.63, 3.8) is 0 Å². The lowest BCUT2D eigenvalue weighted by atomic mass is 10.2. The van der Waals surface area contributed by atoms with Crippen LogP contribution in [0.4, 0.5) is 17.2 Å². The molecule has 2 rings (SSSR count). The molecule has 0 aliphatic carbocycles. The van der Waals surface area contributed by atoms with E-state index in [1.807, 2.05) is 32.2 Å². The van der Waals surface area contributed by atoms with Crippen LogP contribution in [0.2, 0.25) is 5.02 Å². The van der Waals surface area contributed by atoms with Gasteiger partial charge in [-0.05, 0) is 24.6 Å². The van der Waals surface area contributed by atoms with E-state index in [9.17, 15) is 0 Å². The maximum absolute atomic E-state index is 5.93. The molecule has 0 spiro atoms. The van der Waals surface area contributed by atoms with E-state index in [2.05, 4.69) is 10.4 Å². The first kappa shape index (κ1) is 10.8. The molecule has 4 nitrogen and oxygen atoms in total. The molecule has 0 saturated heterocycles. The molecule has 1 aromatic heterocycles. The second kappa shape index (κ2) is 4.06. The predicted molar refractivity (Wildman–Crippen MR) is 67.1 cm³/mol. The maximum atomic E-state index is 5.93. The first-order valence-corrected chi connectivity index (χ1v) is 5.26. The van der Waals surface area contributed by atoms with Gasteiger partial charge in [-0.1, -0.05) is 17.7 Å². The number of nitrogens with one attached hydrogen (secondary N) is 1. The van der Waals surface area contributed by atoms with Crippen LogP contribution >= 0.6 is 11.6 Å². The van der Waals surface area contributed by atoms with Gasteiger partial charge in [0.2, 0.25) is 0 Å². The van der Waals surface area contributed by atoms with Gasteiger partial charge in [0.25, 0.3) is 0 Å². The number of rotatable bonds is 2. The lowest BCUT2D eigenvalue weighted by molar-refractivity contribution is 0.771. The van der Waals surface area contributed by atoms with Gasteiger partial charge in [0.1, 0.15) is 0 Å². The number of nitrogen functional groups attached to an aromatic ring is 1. The van der Waals surface area contributed by atoms with Crippen molar-refractivity contribution in [3.05, 3.63) is 35.0 Å². The summed E-state index contributed by atoms with van der Waals surface area (Å²) in [5.41, 5.74) is 8.42. The number of anilines is 3. The van der Waals surface area contributed by atoms with Gasteiger partial charge in [-0.15, -0.1) is 0 Å². The Hall–Kier alpha value is -1.68. The fourth-order valence-electron chi connectivity index (χ4n) is 1.46. The first-order valence-electron chi connectivity index (χ1n) is 4.88. The maximum Gasteiger partial charge on any atom is 0.175 e. The highest BCUT2D eigenvalue weighted by Crippen LogP contribution is 2.25. The van der Waals surface area contributed by atoms with E-state index in [0.29, 0.717) is 16.5 Å². The molecule has 2 aromatic rings. The van der Waals surface area contributed by atoms with Crippen LogP contribution in [-0.4, -0.2) is 9.78 Å². The van der Waals surface area contributed by atoms with Gasteiger partial charge in [0.05, 0.1) is 5.69 Å². The molecule has 0 aliphatic heterocycles. The normalized spacial score (nSPS) is 10.4. The third-order valence-electron chi connectivity index (χ3n) is 2.31. The van der Waals surface area contributed by atoms with E-state index in [4.69, 9.17) is 17.3 Å². The van der Waals surface area contributed by atoms with Gasteiger partial charge in [0.15, 0.2) is 5.82 Å². The summed E-state index contributed by atoms with van der Waals surface area (Å²) >= 11 is 5.93. The standard InChI is InChI=1S/C11H13ClN4/c1-7-3-4-8(12)5-10(7)14-11-9(13)6-16(2)15-11/h3-6H,13H2,1-2H3,(H,14,15). The quantitative estimate of drug-likeness (QED) is 0.843. The molecule has 0 radical (unpaired) electrons. The zero-order chi connectivity index (χ0) is 11.7. The molecule has 0 bridgehead atoms. The van der Waals surface area contributed by atoms with Crippen LogP contribution in [0.15, 0.2) is 24.4 Å². The van der Waals surface area contributed by atoms with Gasteiger partial charge in [-0.25, -0.2) is 0 Å². The molecule has 0 amide bonds. The van der Waals surface area contributed by atoms with Crippen LogP contribution in [0.1, 0.15) is 5.56 Å². The number of halogens is 1. The third kappa shape index (κ3) is 2.12. The van der Waals surface area contributed by atoms with E-state index >= 15 is 0 Å². The van der Waals surface area contributed by atoms with E-state index < -0.39 is 0 Å². The molecule has 84 valence electrons. The molecule has 16 heavy (non-hydrogen) atoms. The van der Waals surface area contributed by atoms with Crippen molar-refractivity contribution in [3.8, 4) is 0 Å². The van der Waals surface area contributed by atoms with Crippen molar-refractivity contribution in [1.29, 1.82) is 0 Å². The zero-order valence-corrected chi connectivity index (χ0v) is 9.92. The smallest absolute Gasteiger partial charge is 0.175 e. The highest BCUT2D eigenvalue weighted by Gasteiger charge is 2.06. The number of benzene rings is 1. The Kier molecular flexibility index (Phi) is 2.75. The molecule has 0 unspecified atom stereocenters. The van der Waals surface area contributed by atoms with Crippen molar-refractivity contribution in [1.82, 2.24) is 9.78 Å². The van der Waals surface area contributed by atoms with Crippen LogP contribution in [0.5, 0.6) is 0 Å². The Balaban J connectivity index is 2.33. The SMILES string of the molecule is Cc1ccc(Cl)cc1Nc1nn(C)cc1N. The third-order valence-corrected chi connectivity index (χ3v) is 2.54. The summed E-state index contributed by atoms with van der Waals surface area (Å²) in [4.78, 5) is 0. The van der Waals surface area contributed by atoms with Crippen molar-refractivity contribution in [2.24, 2.45) is 7.05 Å². The minimum absolute atomic E-state index is 0.613. The van der Waals surface area contributed by atoms with E-state index in [0.717, 1.165) is 11.3 Å². The van der Waals surface area contributed by atoms with Crippen molar-refractivity contribution < 1.29 is 0 Å². The molecular formula is C11H13ClN4. The molecule has 0 fully saturated rings. The minimum Gasteiger partial charge on any atom is -0.394 e. The fraction of sp³-hybridized carbons (Fsp3) is 0.182. The second-order valence-corrected chi connectivity index (χ2v) is 4.13. The molecule has 0 saturated carbocycles. The van der Waals surface area contributed by atoms with Crippen LogP contribution in [-0.2, 0) is 7.05 Å².